The Kier molecular flexibility index (Phi) is 4.73. The van der Waals surface area contributed by atoms with Gasteiger partial charge in [-0.2, -0.15) is 0 Å². The van der Waals surface area contributed by atoms with Crippen LogP contribution < -0.4 is 10.1 Å². The average molecular weight is 262 g/mol. The largest absolute Gasteiger partial charge is 0.490 e. The Hall–Kier alpha value is -1.39. The van der Waals surface area contributed by atoms with Crippen LogP contribution in [0.1, 0.15) is 15.4 Å². The maximum atomic E-state index is 5.66. The van der Waals surface area contributed by atoms with Crippen LogP contribution in [0.15, 0.2) is 30.5 Å². The molecule has 3 nitrogen and oxygen atoms in total. The Morgan fingerprint density at radius 2 is 2.17 bits per heavy atom. The van der Waals surface area contributed by atoms with E-state index in [4.69, 9.17) is 4.74 Å². The fraction of sp³-hybridized carbons (Fsp3) is 0.357. The van der Waals surface area contributed by atoms with Crippen molar-refractivity contribution in [3.63, 3.8) is 0 Å². The molecule has 0 saturated carbocycles. The Balaban J connectivity index is 1.66. The highest BCUT2D eigenvalue weighted by atomic mass is 32.1. The van der Waals surface area contributed by atoms with Crippen molar-refractivity contribution in [2.75, 3.05) is 13.2 Å². The third-order valence-electron chi connectivity index (χ3n) is 2.59. The van der Waals surface area contributed by atoms with E-state index in [0.29, 0.717) is 6.61 Å². The van der Waals surface area contributed by atoms with Crippen LogP contribution in [0.25, 0.3) is 0 Å². The number of nitrogens with zero attached hydrogens (tertiary/aromatic N) is 1. The number of aryl methyl sites for hydroxylation is 2. The van der Waals surface area contributed by atoms with Crippen molar-refractivity contribution >= 4 is 11.3 Å². The second-order valence-corrected chi connectivity index (χ2v) is 5.50. The highest BCUT2D eigenvalue weighted by Crippen LogP contribution is 2.14. The van der Waals surface area contributed by atoms with Gasteiger partial charge in [0.05, 0.1) is 5.69 Å². The third kappa shape index (κ3) is 3.82. The van der Waals surface area contributed by atoms with Crippen LogP contribution in [-0.4, -0.2) is 18.1 Å². The van der Waals surface area contributed by atoms with Crippen LogP contribution >= 0.6 is 11.3 Å². The minimum Gasteiger partial charge on any atom is -0.490 e. The number of aromatic nitrogens is 1. The number of pyridine rings is 1. The summed E-state index contributed by atoms with van der Waals surface area (Å²) < 4.78 is 5.66. The van der Waals surface area contributed by atoms with E-state index in [1.54, 1.807) is 6.20 Å². The predicted octanol–water partition coefficient (Wildman–Crippen LogP) is 2.93. The fourth-order valence-corrected chi connectivity index (χ4v) is 2.51. The second-order valence-electron chi connectivity index (χ2n) is 4.12. The maximum Gasteiger partial charge on any atom is 0.140 e. The van der Waals surface area contributed by atoms with Crippen LogP contribution in [0.4, 0.5) is 0 Å². The van der Waals surface area contributed by atoms with E-state index in [1.165, 1.54) is 9.75 Å². The Bertz CT molecular complexity index is 496. The SMILES string of the molecule is Cc1ccc(CNCCOc2cccnc2C)s1. The summed E-state index contributed by atoms with van der Waals surface area (Å²) in [7, 11) is 0. The highest BCUT2D eigenvalue weighted by molar-refractivity contribution is 7.11. The smallest absolute Gasteiger partial charge is 0.140 e. The summed E-state index contributed by atoms with van der Waals surface area (Å²) in [4.78, 5) is 6.91. The average Bonchev–Trinajstić information content (AvgIpc) is 2.77. The summed E-state index contributed by atoms with van der Waals surface area (Å²) in [6, 6.07) is 8.16. The zero-order chi connectivity index (χ0) is 12.8. The minimum absolute atomic E-state index is 0.664. The van der Waals surface area contributed by atoms with Crippen LogP contribution in [0, 0.1) is 13.8 Å². The quantitative estimate of drug-likeness (QED) is 0.813. The van der Waals surface area contributed by atoms with Crippen LogP contribution in [0.3, 0.4) is 0 Å². The van der Waals surface area contributed by atoms with Crippen molar-refractivity contribution in [2.24, 2.45) is 0 Å². The first-order valence-corrected chi connectivity index (χ1v) is 6.88. The van der Waals surface area contributed by atoms with Crippen LogP contribution in [0.5, 0.6) is 5.75 Å². The molecule has 0 aliphatic rings. The molecule has 0 aromatic carbocycles. The van der Waals surface area contributed by atoms with E-state index in [1.807, 2.05) is 30.4 Å². The van der Waals surface area contributed by atoms with Gasteiger partial charge < -0.3 is 10.1 Å². The standard InChI is InChI=1S/C14H18N2OS/c1-11-5-6-13(18-11)10-15-8-9-17-14-4-3-7-16-12(14)2/h3-7,15H,8-10H2,1-2H3. The van der Waals surface area contributed by atoms with E-state index in [0.717, 1.165) is 24.5 Å². The molecule has 0 amide bonds. The van der Waals surface area contributed by atoms with Crippen molar-refractivity contribution in [1.29, 1.82) is 0 Å². The van der Waals surface area contributed by atoms with Gasteiger partial charge in [0.15, 0.2) is 0 Å². The van der Waals surface area contributed by atoms with E-state index < -0.39 is 0 Å². The van der Waals surface area contributed by atoms with Gasteiger partial charge in [0.25, 0.3) is 0 Å². The summed E-state index contributed by atoms with van der Waals surface area (Å²) in [6.07, 6.45) is 1.78. The van der Waals surface area contributed by atoms with Gasteiger partial charge in [-0.1, -0.05) is 0 Å². The lowest BCUT2D eigenvalue weighted by molar-refractivity contribution is 0.310. The van der Waals surface area contributed by atoms with Gasteiger partial charge in [-0.3, -0.25) is 4.98 Å². The maximum absolute atomic E-state index is 5.66. The zero-order valence-electron chi connectivity index (χ0n) is 10.8. The lowest BCUT2D eigenvalue weighted by Gasteiger charge is -2.08. The van der Waals surface area contributed by atoms with Gasteiger partial charge in [-0.25, -0.2) is 0 Å². The van der Waals surface area contributed by atoms with Crippen molar-refractivity contribution in [3.8, 4) is 5.75 Å². The van der Waals surface area contributed by atoms with Gasteiger partial charge in [0.2, 0.25) is 0 Å². The molecule has 0 aliphatic heterocycles. The first-order valence-electron chi connectivity index (χ1n) is 6.06. The highest BCUT2D eigenvalue weighted by Gasteiger charge is 1.99. The summed E-state index contributed by atoms with van der Waals surface area (Å²) >= 11 is 1.83. The van der Waals surface area contributed by atoms with Crippen molar-refractivity contribution < 1.29 is 4.74 Å². The molecule has 18 heavy (non-hydrogen) atoms. The minimum atomic E-state index is 0.664. The van der Waals surface area contributed by atoms with Crippen molar-refractivity contribution in [1.82, 2.24) is 10.3 Å². The summed E-state index contributed by atoms with van der Waals surface area (Å²) in [5.41, 5.74) is 0.936. The van der Waals surface area contributed by atoms with E-state index in [-0.39, 0.29) is 0 Å². The van der Waals surface area contributed by atoms with E-state index >= 15 is 0 Å². The molecule has 0 unspecified atom stereocenters. The molecule has 0 fully saturated rings. The second kappa shape index (κ2) is 6.52. The van der Waals surface area contributed by atoms with Gasteiger partial charge >= 0.3 is 0 Å². The molecular weight excluding hydrogens is 244 g/mol. The Morgan fingerprint density at radius 3 is 2.89 bits per heavy atom. The first-order chi connectivity index (χ1) is 8.75. The Morgan fingerprint density at radius 1 is 1.28 bits per heavy atom. The molecule has 96 valence electrons. The summed E-state index contributed by atoms with van der Waals surface area (Å²) in [5, 5.41) is 3.37. The monoisotopic (exact) mass is 262 g/mol. The van der Waals surface area contributed by atoms with Crippen molar-refractivity contribution in [2.45, 2.75) is 20.4 Å². The fourth-order valence-electron chi connectivity index (χ4n) is 1.65. The van der Waals surface area contributed by atoms with Crippen LogP contribution in [-0.2, 0) is 6.54 Å². The molecule has 0 atom stereocenters. The Labute approximate surface area is 112 Å². The van der Waals surface area contributed by atoms with Crippen LogP contribution in [0.2, 0.25) is 0 Å². The molecule has 2 heterocycles. The molecule has 2 aromatic heterocycles. The molecule has 0 bridgehead atoms. The zero-order valence-corrected chi connectivity index (χ0v) is 11.6. The lowest BCUT2D eigenvalue weighted by atomic mass is 10.3. The molecule has 0 spiro atoms. The topological polar surface area (TPSA) is 34.1 Å². The first kappa shape index (κ1) is 13.1. The molecule has 2 rings (SSSR count). The number of hydrogen-bond acceptors (Lipinski definition) is 4. The number of ether oxygens (including phenoxy) is 1. The third-order valence-corrected chi connectivity index (χ3v) is 3.59. The van der Waals surface area contributed by atoms with Gasteiger partial charge in [-0.05, 0) is 38.1 Å². The summed E-state index contributed by atoms with van der Waals surface area (Å²) in [5.74, 6) is 0.867. The number of hydrogen-bond donors (Lipinski definition) is 1. The van der Waals surface area contributed by atoms with Crippen molar-refractivity contribution in [3.05, 3.63) is 45.9 Å². The molecule has 0 aliphatic carbocycles. The number of thiophene rings is 1. The normalized spacial score (nSPS) is 10.6. The number of nitrogens with one attached hydrogen (secondary N) is 1. The molecule has 4 heteroatoms. The van der Waals surface area contributed by atoms with Gasteiger partial charge in [0.1, 0.15) is 12.4 Å². The summed E-state index contributed by atoms with van der Waals surface area (Å²) in [6.45, 7) is 6.50. The van der Waals surface area contributed by atoms with E-state index in [2.05, 4.69) is 29.4 Å². The molecule has 2 aromatic rings. The van der Waals surface area contributed by atoms with Gasteiger partial charge in [0, 0.05) is 29.0 Å². The molecular formula is C14H18N2OS. The molecule has 0 radical (unpaired) electrons. The predicted molar refractivity (Wildman–Crippen MR) is 75.2 cm³/mol. The number of rotatable bonds is 6. The molecule has 0 saturated heterocycles. The lowest BCUT2D eigenvalue weighted by Crippen LogP contribution is -2.20. The molecule has 1 N–H and O–H groups in total. The van der Waals surface area contributed by atoms with Gasteiger partial charge in [-0.15, -0.1) is 11.3 Å². The van der Waals surface area contributed by atoms with E-state index in [9.17, 15) is 0 Å².